The molecule has 1 aliphatic heterocycles. The van der Waals surface area contributed by atoms with Crippen LogP contribution < -0.4 is 0 Å². The highest BCUT2D eigenvalue weighted by molar-refractivity contribution is 9.10. The van der Waals surface area contributed by atoms with Crippen molar-refractivity contribution in [1.29, 1.82) is 0 Å². The van der Waals surface area contributed by atoms with Crippen LogP contribution in [0, 0.1) is 0 Å². The maximum atomic E-state index is 13.1. The number of amides is 1. The molecule has 0 aliphatic carbocycles. The van der Waals surface area contributed by atoms with Crippen LogP contribution in [0.3, 0.4) is 0 Å². The highest BCUT2D eigenvalue weighted by atomic mass is 79.9. The number of benzene rings is 1. The maximum Gasteiger partial charge on any atom is 0.272 e. The lowest BCUT2D eigenvalue weighted by Crippen LogP contribution is -2.43. The van der Waals surface area contributed by atoms with Gasteiger partial charge in [0, 0.05) is 37.0 Å². The summed E-state index contributed by atoms with van der Waals surface area (Å²) in [5.74, 6) is -0.137. The fraction of sp³-hybridized carbons (Fsp3) is 0.412. The lowest BCUT2D eigenvalue weighted by atomic mass is 10.1. The van der Waals surface area contributed by atoms with Crippen LogP contribution in [-0.2, 0) is 23.9 Å². The SMILES string of the molecule is Cn1cnnc1S(=O)(=O)C1CCN(C(=O)c2c3ccc(Br)cc3nn2C)CC1. The summed E-state index contributed by atoms with van der Waals surface area (Å²) in [6, 6.07) is 5.61. The Kier molecular flexibility index (Phi) is 4.74. The first kappa shape index (κ1) is 19.1. The van der Waals surface area contributed by atoms with Crippen LogP contribution in [0.1, 0.15) is 23.3 Å². The van der Waals surface area contributed by atoms with Crippen LogP contribution in [0.2, 0.25) is 0 Å². The van der Waals surface area contributed by atoms with Crippen LogP contribution in [-0.4, -0.2) is 62.1 Å². The van der Waals surface area contributed by atoms with E-state index >= 15 is 0 Å². The Bertz CT molecular complexity index is 1160. The average molecular weight is 467 g/mol. The first-order valence-electron chi connectivity index (χ1n) is 8.78. The monoisotopic (exact) mass is 466 g/mol. The first-order chi connectivity index (χ1) is 13.3. The highest BCUT2D eigenvalue weighted by Gasteiger charge is 2.36. The smallest absolute Gasteiger partial charge is 0.272 e. The number of likely N-dealkylation sites (tertiary alicyclic amines) is 1. The summed E-state index contributed by atoms with van der Waals surface area (Å²) in [4.78, 5) is 14.8. The Morgan fingerprint density at radius 1 is 1.21 bits per heavy atom. The second kappa shape index (κ2) is 6.96. The molecule has 1 saturated heterocycles. The van der Waals surface area contributed by atoms with Crippen LogP contribution in [0.5, 0.6) is 0 Å². The molecular weight excluding hydrogens is 448 g/mol. The molecule has 0 saturated carbocycles. The minimum absolute atomic E-state index is 0.0273. The minimum Gasteiger partial charge on any atom is -0.337 e. The molecule has 2 aromatic heterocycles. The largest absolute Gasteiger partial charge is 0.337 e. The van der Waals surface area contributed by atoms with Gasteiger partial charge in [0.1, 0.15) is 12.0 Å². The molecule has 1 amide bonds. The van der Waals surface area contributed by atoms with Crippen LogP contribution in [0.15, 0.2) is 34.2 Å². The van der Waals surface area contributed by atoms with E-state index in [1.54, 1.807) is 23.7 Å². The van der Waals surface area contributed by atoms with Crippen molar-refractivity contribution < 1.29 is 13.2 Å². The summed E-state index contributed by atoms with van der Waals surface area (Å²) in [5.41, 5.74) is 1.25. The molecule has 9 nitrogen and oxygen atoms in total. The molecule has 3 aromatic rings. The van der Waals surface area contributed by atoms with Gasteiger partial charge < -0.3 is 9.47 Å². The Labute approximate surface area is 170 Å². The van der Waals surface area contributed by atoms with Crippen molar-refractivity contribution in [2.24, 2.45) is 14.1 Å². The third kappa shape index (κ3) is 3.12. The van der Waals surface area contributed by atoms with Crippen molar-refractivity contribution in [2.45, 2.75) is 23.2 Å². The number of rotatable bonds is 3. The van der Waals surface area contributed by atoms with E-state index in [2.05, 4.69) is 31.2 Å². The van der Waals surface area contributed by atoms with Gasteiger partial charge in [-0.25, -0.2) is 8.42 Å². The van der Waals surface area contributed by atoms with E-state index in [1.807, 2.05) is 18.2 Å². The second-order valence-electron chi connectivity index (χ2n) is 6.89. The van der Waals surface area contributed by atoms with E-state index in [0.29, 0.717) is 31.6 Å². The number of sulfone groups is 1. The number of halogens is 1. The summed E-state index contributed by atoms with van der Waals surface area (Å²) in [5, 5.41) is 12.0. The molecule has 11 heteroatoms. The summed E-state index contributed by atoms with van der Waals surface area (Å²) in [6.07, 6.45) is 2.10. The Morgan fingerprint density at radius 2 is 1.93 bits per heavy atom. The number of aryl methyl sites for hydroxylation is 2. The van der Waals surface area contributed by atoms with E-state index in [1.165, 1.54) is 10.9 Å². The van der Waals surface area contributed by atoms with E-state index in [4.69, 9.17) is 0 Å². The van der Waals surface area contributed by atoms with Gasteiger partial charge >= 0.3 is 0 Å². The van der Waals surface area contributed by atoms with E-state index < -0.39 is 15.1 Å². The van der Waals surface area contributed by atoms with Gasteiger partial charge in [-0.15, -0.1) is 10.2 Å². The zero-order valence-electron chi connectivity index (χ0n) is 15.4. The number of piperidine rings is 1. The van der Waals surface area contributed by atoms with E-state index in [9.17, 15) is 13.2 Å². The quantitative estimate of drug-likeness (QED) is 0.579. The molecule has 148 valence electrons. The zero-order valence-corrected chi connectivity index (χ0v) is 17.8. The lowest BCUT2D eigenvalue weighted by molar-refractivity contribution is 0.0716. The van der Waals surface area contributed by atoms with Gasteiger partial charge in [0.25, 0.3) is 5.91 Å². The zero-order chi connectivity index (χ0) is 20.1. The van der Waals surface area contributed by atoms with E-state index in [-0.39, 0.29) is 11.1 Å². The van der Waals surface area contributed by atoms with Crippen LogP contribution >= 0.6 is 15.9 Å². The number of fused-ring (bicyclic) bond motifs is 1. The standard InChI is InChI=1S/C17H19BrN6O3S/c1-22-10-19-20-17(22)28(26,27)12-5-7-24(8-6-12)16(25)15-13-4-3-11(18)9-14(13)21-23(15)2/h3-4,9-10,12H,5-8H2,1-2H3. The van der Waals surface area contributed by atoms with Gasteiger partial charge in [-0.05, 0) is 31.0 Å². The van der Waals surface area contributed by atoms with E-state index in [0.717, 1.165) is 15.4 Å². The molecule has 1 fully saturated rings. The first-order valence-corrected chi connectivity index (χ1v) is 11.1. The number of hydrogen-bond donors (Lipinski definition) is 0. The van der Waals surface area contributed by atoms with Gasteiger partial charge in [-0.3, -0.25) is 9.48 Å². The number of aromatic nitrogens is 5. The summed E-state index contributed by atoms with van der Waals surface area (Å²) < 4.78 is 29.5. The predicted octanol–water partition coefficient (Wildman–Crippen LogP) is 1.54. The topological polar surface area (TPSA) is 103 Å². The van der Waals surface area contributed by atoms with Crippen molar-refractivity contribution >= 4 is 42.6 Å². The van der Waals surface area contributed by atoms with Gasteiger partial charge in [-0.1, -0.05) is 15.9 Å². The molecule has 0 N–H and O–H groups in total. The third-order valence-electron chi connectivity index (χ3n) is 5.09. The highest BCUT2D eigenvalue weighted by Crippen LogP contribution is 2.27. The van der Waals surface area contributed by atoms with Crippen molar-refractivity contribution in [1.82, 2.24) is 29.4 Å². The van der Waals surface area contributed by atoms with Crippen molar-refractivity contribution in [2.75, 3.05) is 13.1 Å². The molecule has 1 aromatic carbocycles. The maximum absolute atomic E-state index is 13.1. The molecular formula is C17H19BrN6O3S. The number of carbonyl (C=O) groups excluding carboxylic acids is 1. The van der Waals surface area contributed by atoms with Gasteiger partial charge in [0.05, 0.1) is 10.8 Å². The van der Waals surface area contributed by atoms with Crippen molar-refractivity contribution in [3.8, 4) is 0 Å². The Hall–Kier alpha value is -2.27. The number of carbonyl (C=O) groups is 1. The second-order valence-corrected chi connectivity index (χ2v) is 9.93. The van der Waals surface area contributed by atoms with Crippen molar-refractivity contribution in [3.63, 3.8) is 0 Å². The Balaban J connectivity index is 1.54. The molecule has 0 bridgehead atoms. The average Bonchev–Trinajstić information content (AvgIpc) is 3.23. The summed E-state index contributed by atoms with van der Waals surface area (Å²) >= 11 is 3.41. The van der Waals surface area contributed by atoms with Gasteiger partial charge in [0.15, 0.2) is 0 Å². The summed E-state index contributed by atoms with van der Waals surface area (Å²) in [6.45, 7) is 0.730. The van der Waals surface area contributed by atoms with Crippen molar-refractivity contribution in [3.05, 3.63) is 34.7 Å². The van der Waals surface area contributed by atoms with Gasteiger partial charge in [0.2, 0.25) is 15.0 Å². The minimum atomic E-state index is -3.57. The number of hydrogen-bond acceptors (Lipinski definition) is 6. The molecule has 1 aliphatic rings. The molecule has 0 unspecified atom stereocenters. The molecule has 0 atom stereocenters. The number of nitrogens with zero attached hydrogens (tertiary/aromatic N) is 6. The lowest BCUT2D eigenvalue weighted by Gasteiger charge is -2.31. The van der Waals surface area contributed by atoms with Gasteiger partial charge in [-0.2, -0.15) is 5.10 Å². The summed E-state index contributed by atoms with van der Waals surface area (Å²) in [7, 11) is -0.220. The van der Waals surface area contributed by atoms with Crippen LogP contribution in [0.25, 0.3) is 10.9 Å². The molecule has 28 heavy (non-hydrogen) atoms. The molecule has 4 rings (SSSR count). The predicted molar refractivity (Wildman–Crippen MR) is 106 cm³/mol. The normalized spacial score (nSPS) is 16.0. The third-order valence-corrected chi connectivity index (χ3v) is 7.81. The van der Waals surface area contributed by atoms with Crippen LogP contribution in [0.4, 0.5) is 0 Å². The fourth-order valence-corrected chi connectivity index (χ4v) is 5.71. The molecule has 0 spiro atoms. The fourth-order valence-electron chi connectivity index (χ4n) is 3.63. The Morgan fingerprint density at radius 3 is 2.57 bits per heavy atom. The molecule has 0 radical (unpaired) electrons. The molecule has 3 heterocycles.